The number of rotatable bonds is 8. The largest absolute Gasteiger partial charge is 0.383 e. The third-order valence-corrected chi connectivity index (χ3v) is 3.40. The summed E-state index contributed by atoms with van der Waals surface area (Å²) in [7, 11) is 1.66. The zero-order valence-electron chi connectivity index (χ0n) is 13.8. The Morgan fingerprint density at radius 2 is 1.95 bits per heavy atom. The van der Waals surface area contributed by atoms with Gasteiger partial charge in [-0.2, -0.15) is 5.10 Å². The predicted molar refractivity (Wildman–Crippen MR) is 97.8 cm³/mol. The number of hydrogen-bond acceptors (Lipinski definition) is 4. The maximum Gasteiger partial charge on any atom is 0.187 e. The van der Waals surface area contributed by atoms with Gasteiger partial charge in [-0.1, -0.05) is 12.1 Å². The Labute approximate surface area is 138 Å². The molecule has 1 aromatic rings. The average Bonchev–Trinajstić information content (AvgIpc) is 2.50. The van der Waals surface area contributed by atoms with Gasteiger partial charge in [0.2, 0.25) is 0 Å². The molecule has 0 unspecified atom stereocenters. The van der Waals surface area contributed by atoms with Crippen LogP contribution in [0.4, 0.5) is 5.69 Å². The van der Waals surface area contributed by atoms with Crippen LogP contribution >= 0.6 is 12.2 Å². The van der Waals surface area contributed by atoms with Crippen LogP contribution in [0.2, 0.25) is 0 Å². The molecule has 0 aliphatic heterocycles. The SMILES string of the molecule is CCN(CC)c1ccc(/C=N\NC(=S)N[C@@H](C)COC)cc1. The maximum absolute atomic E-state index is 5.15. The minimum atomic E-state index is 0.147. The van der Waals surface area contributed by atoms with Crippen molar-refractivity contribution < 1.29 is 4.74 Å². The Morgan fingerprint density at radius 1 is 1.32 bits per heavy atom. The fourth-order valence-corrected chi connectivity index (χ4v) is 2.33. The molecule has 122 valence electrons. The molecule has 0 aliphatic rings. The number of benzene rings is 1. The molecule has 0 saturated heterocycles. The van der Waals surface area contributed by atoms with Crippen LogP contribution in [0.1, 0.15) is 26.3 Å². The van der Waals surface area contributed by atoms with Gasteiger partial charge in [0.15, 0.2) is 5.11 Å². The first-order chi connectivity index (χ1) is 10.6. The molecule has 2 N–H and O–H groups in total. The molecule has 0 radical (unpaired) electrons. The summed E-state index contributed by atoms with van der Waals surface area (Å²) < 4.78 is 5.03. The standard InChI is InChI=1S/C16H26N4OS/c1-5-20(6-2)15-9-7-14(8-10-15)11-17-19-16(22)18-13(3)12-21-4/h7-11,13H,5-6,12H2,1-4H3,(H2,18,19,22)/b17-11-/t13-/m0/s1. The van der Waals surface area contributed by atoms with Crippen molar-refractivity contribution in [3.63, 3.8) is 0 Å². The molecule has 1 atom stereocenters. The number of ether oxygens (including phenoxy) is 1. The minimum Gasteiger partial charge on any atom is -0.383 e. The normalized spacial score (nSPS) is 12.2. The Hall–Kier alpha value is -1.66. The average molecular weight is 322 g/mol. The van der Waals surface area contributed by atoms with Crippen LogP contribution in [0.25, 0.3) is 0 Å². The van der Waals surface area contributed by atoms with E-state index in [2.05, 4.69) is 46.7 Å². The summed E-state index contributed by atoms with van der Waals surface area (Å²) in [6, 6.07) is 8.44. The second-order valence-corrected chi connectivity index (χ2v) is 5.37. The third kappa shape index (κ3) is 6.41. The van der Waals surface area contributed by atoms with Gasteiger partial charge in [0.05, 0.1) is 12.8 Å². The topological polar surface area (TPSA) is 48.9 Å². The van der Waals surface area contributed by atoms with Crippen molar-refractivity contribution >= 4 is 29.2 Å². The monoisotopic (exact) mass is 322 g/mol. The first kappa shape index (κ1) is 18.4. The lowest BCUT2D eigenvalue weighted by molar-refractivity contribution is 0.179. The molecular formula is C16H26N4OS. The van der Waals surface area contributed by atoms with Crippen molar-refractivity contribution in [3.05, 3.63) is 29.8 Å². The van der Waals surface area contributed by atoms with Crippen LogP contribution in [0.15, 0.2) is 29.4 Å². The molecule has 0 heterocycles. The zero-order chi connectivity index (χ0) is 16.4. The van der Waals surface area contributed by atoms with E-state index in [9.17, 15) is 0 Å². The second kappa shape index (κ2) is 10.1. The summed E-state index contributed by atoms with van der Waals surface area (Å²) in [5, 5.41) is 7.70. The van der Waals surface area contributed by atoms with Crippen molar-refractivity contribution in [1.29, 1.82) is 0 Å². The van der Waals surface area contributed by atoms with E-state index < -0.39 is 0 Å². The lowest BCUT2D eigenvalue weighted by Crippen LogP contribution is -2.40. The molecule has 0 bridgehead atoms. The summed E-state index contributed by atoms with van der Waals surface area (Å²) in [5.74, 6) is 0. The van der Waals surface area contributed by atoms with Gasteiger partial charge in [-0.15, -0.1) is 0 Å². The molecule has 22 heavy (non-hydrogen) atoms. The molecule has 0 saturated carbocycles. The van der Waals surface area contributed by atoms with E-state index in [1.165, 1.54) is 5.69 Å². The molecule has 0 aromatic heterocycles. The fraction of sp³-hybridized carbons (Fsp3) is 0.500. The van der Waals surface area contributed by atoms with Gasteiger partial charge in [-0.05, 0) is 50.7 Å². The molecule has 1 aromatic carbocycles. The van der Waals surface area contributed by atoms with E-state index in [1.54, 1.807) is 13.3 Å². The lowest BCUT2D eigenvalue weighted by atomic mass is 10.2. The van der Waals surface area contributed by atoms with Crippen LogP contribution < -0.4 is 15.6 Å². The van der Waals surface area contributed by atoms with Gasteiger partial charge in [-0.25, -0.2) is 0 Å². The number of methoxy groups -OCH3 is 1. The molecule has 0 fully saturated rings. The van der Waals surface area contributed by atoms with Crippen LogP contribution in [0, 0.1) is 0 Å². The van der Waals surface area contributed by atoms with Gasteiger partial charge in [-0.3, -0.25) is 5.43 Å². The van der Waals surface area contributed by atoms with E-state index in [4.69, 9.17) is 17.0 Å². The van der Waals surface area contributed by atoms with E-state index in [1.807, 2.05) is 19.1 Å². The summed E-state index contributed by atoms with van der Waals surface area (Å²) in [6.07, 6.45) is 1.75. The number of hydrazone groups is 1. The summed E-state index contributed by atoms with van der Waals surface area (Å²) in [5.41, 5.74) is 5.05. The Morgan fingerprint density at radius 3 is 2.50 bits per heavy atom. The van der Waals surface area contributed by atoms with Crippen molar-refractivity contribution in [1.82, 2.24) is 10.7 Å². The second-order valence-electron chi connectivity index (χ2n) is 4.96. The minimum absolute atomic E-state index is 0.147. The van der Waals surface area contributed by atoms with E-state index >= 15 is 0 Å². The van der Waals surface area contributed by atoms with Gasteiger partial charge in [0, 0.05) is 31.9 Å². The van der Waals surface area contributed by atoms with Gasteiger partial charge in [0.25, 0.3) is 0 Å². The van der Waals surface area contributed by atoms with Crippen LogP contribution in [-0.4, -0.2) is 44.2 Å². The number of thiocarbonyl (C=S) groups is 1. The lowest BCUT2D eigenvalue weighted by Gasteiger charge is -2.20. The summed E-state index contributed by atoms with van der Waals surface area (Å²) >= 11 is 5.15. The number of nitrogens with one attached hydrogen (secondary N) is 2. The van der Waals surface area contributed by atoms with Gasteiger partial charge in [0.1, 0.15) is 0 Å². The molecule has 0 amide bonds. The first-order valence-corrected chi connectivity index (χ1v) is 7.95. The van der Waals surface area contributed by atoms with Crippen LogP contribution in [0.3, 0.4) is 0 Å². The highest BCUT2D eigenvalue weighted by Crippen LogP contribution is 2.13. The Balaban J connectivity index is 2.48. The van der Waals surface area contributed by atoms with Crippen molar-refractivity contribution in [2.75, 3.05) is 31.7 Å². The molecule has 0 aliphatic carbocycles. The maximum atomic E-state index is 5.15. The first-order valence-electron chi connectivity index (χ1n) is 7.54. The van der Waals surface area contributed by atoms with E-state index in [-0.39, 0.29) is 6.04 Å². The number of anilines is 1. The molecule has 5 nitrogen and oxygen atoms in total. The molecule has 0 spiro atoms. The van der Waals surface area contributed by atoms with Crippen molar-refractivity contribution in [3.8, 4) is 0 Å². The quantitative estimate of drug-likeness (QED) is 0.437. The highest BCUT2D eigenvalue weighted by atomic mass is 32.1. The zero-order valence-corrected chi connectivity index (χ0v) is 14.6. The predicted octanol–water partition coefficient (Wildman–Crippen LogP) is 2.37. The van der Waals surface area contributed by atoms with Crippen LogP contribution in [0.5, 0.6) is 0 Å². The Bertz CT molecular complexity index is 472. The molecule has 6 heteroatoms. The Kier molecular flexibility index (Phi) is 8.47. The molecule has 1 rings (SSSR count). The number of nitrogens with zero attached hydrogens (tertiary/aromatic N) is 2. The third-order valence-electron chi connectivity index (χ3n) is 3.20. The van der Waals surface area contributed by atoms with Gasteiger partial charge >= 0.3 is 0 Å². The number of hydrogen-bond donors (Lipinski definition) is 2. The highest BCUT2D eigenvalue weighted by molar-refractivity contribution is 7.80. The van der Waals surface area contributed by atoms with Crippen molar-refractivity contribution in [2.45, 2.75) is 26.8 Å². The highest BCUT2D eigenvalue weighted by Gasteiger charge is 2.02. The summed E-state index contributed by atoms with van der Waals surface area (Å²) in [4.78, 5) is 2.30. The van der Waals surface area contributed by atoms with Crippen LogP contribution in [-0.2, 0) is 4.74 Å². The fourth-order valence-electron chi connectivity index (χ4n) is 2.07. The summed E-state index contributed by atoms with van der Waals surface area (Å²) in [6.45, 7) is 8.91. The van der Waals surface area contributed by atoms with E-state index in [0.717, 1.165) is 18.7 Å². The van der Waals surface area contributed by atoms with E-state index in [0.29, 0.717) is 11.7 Å². The smallest absolute Gasteiger partial charge is 0.187 e. The van der Waals surface area contributed by atoms with Crippen molar-refractivity contribution in [2.24, 2.45) is 5.10 Å². The molecular weight excluding hydrogens is 296 g/mol. The van der Waals surface area contributed by atoms with Gasteiger partial charge < -0.3 is 15.0 Å².